The van der Waals surface area contributed by atoms with Crippen LogP contribution < -0.4 is 5.32 Å². The predicted molar refractivity (Wildman–Crippen MR) is 97.2 cm³/mol. The fourth-order valence-electron chi connectivity index (χ4n) is 3.68. The topological polar surface area (TPSA) is 93.1 Å². The van der Waals surface area contributed by atoms with Gasteiger partial charge < -0.3 is 15.0 Å². The molecule has 1 unspecified atom stereocenters. The summed E-state index contributed by atoms with van der Waals surface area (Å²) in [5.74, 6) is 1.69. The first-order chi connectivity index (χ1) is 12.7. The number of carbonyl (C=O) groups excluding carboxylic acids is 1. The summed E-state index contributed by atoms with van der Waals surface area (Å²) in [5, 5.41) is 11.7. The number of ether oxygens (including phenoxy) is 1. The maximum atomic E-state index is 13.0. The van der Waals surface area contributed by atoms with Crippen LogP contribution in [0.15, 0.2) is 11.6 Å². The molecule has 1 N–H and O–H groups in total. The van der Waals surface area contributed by atoms with Crippen molar-refractivity contribution in [3.05, 3.63) is 23.1 Å². The van der Waals surface area contributed by atoms with Crippen LogP contribution in [0, 0.1) is 12.8 Å². The van der Waals surface area contributed by atoms with Crippen molar-refractivity contribution in [2.75, 3.05) is 25.1 Å². The van der Waals surface area contributed by atoms with Crippen LogP contribution in [-0.4, -0.2) is 50.7 Å². The van der Waals surface area contributed by atoms with Gasteiger partial charge in [0.25, 0.3) is 0 Å². The highest BCUT2D eigenvalue weighted by molar-refractivity contribution is 7.13. The molecule has 26 heavy (non-hydrogen) atoms. The van der Waals surface area contributed by atoms with Crippen molar-refractivity contribution < 1.29 is 9.53 Å². The van der Waals surface area contributed by atoms with Crippen LogP contribution in [0.2, 0.25) is 0 Å². The highest BCUT2D eigenvalue weighted by atomic mass is 32.1. The third kappa shape index (κ3) is 3.68. The number of nitrogens with one attached hydrogen (secondary N) is 1. The lowest BCUT2D eigenvalue weighted by atomic mass is 9.98. The molecule has 4 heterocycles. The Morgan fingerprint density at radius 3 is 2.92 bits per heavy atom. The summed E-state index contributed by atoms with van der Waals surface area (Å²) in [6.45, 7) is 4.02. The first-order valence-corrected chi connectivity index (χ1v) is 9.85. The molecule has 138 valence electrons. The number of carbonyl (C=O) groups is 1. The molecular weight excluding hydrogens is 352 g/mol. The predicted octanol–water partition coefficient (Wildman–Crippen LogP) is 2.47. The second-order valence-corrected chi connectivity index (χ2v) is 7.50. The fraction of sp³-hybridized carbons (Fsp3) is 0.588. The number of hydrogen-bond donors (Lipinski definition) is 1. The highest BCUT2D eigenvalue weighted by Crippen LogP contribution is 2.34. The van der Waals surface area contributed by atoms with Gasteiger partial charge in [-0.2, -0.15) is 0 Å². The van der Waals surface area contributed by atoms with E-state index in [0.29, 0.717) is 30.0 Å². The van der Waals surface area contributed by atoms with E-state index in [9.17, 15) is 4.79 Å². The Morgan fingerprint density at radius 2 is 2.15 bits per heavy atom. The van der Waals surface area contributed by atoms with Crippen molar-refractivity contribution in [2.24, 2.45) is 5.92 Å². The zero-order valence-electron chi connectivity index (χ0n) is 14.7. The number of nitrogens with zero attached hydrogens (tertiary/aromatic N) is 5. The molecule has 0 aromatic carbocycles. The average Bonchev–Trinajstić information content (AvgIpc) is 3.33. The molecule has 0 bridgehead atoms. The summed E-state index contributed by atoms with van der Waals surface area (Å²) in [5.41, 5.74) is 2.56. The number of hydrogen-bond acceptors (Lipinski definition) is 8. The van der Waals surface area contributed by atoms with E-state index in [4.69, 9.17) is 4.74 Å². The average molecular weight is 374 g/mol. The second kappa shape index (κ2) is 7.63. The van der Waals surface area contributed by atoms with E-state index >= 15 is 0 Å². The molecule has 0 spiro atoms. The molecule has 1 atom stereocenters. The quantitative estimate of drug-likeness (QED) is 0.878. The summed E-state index contributed by atoms with van der Waals surface area (Å²) >= 11 is 1.42. The van der Waals surface area contributed by atoms with Gasteiger partial charge in [-0.15, -0.1) is 10.2 Å². The Balaban J connectivity index is 1.55. The van der Waals surface area contributed by atoms with Gasteiger partial charge in [-0.1, -0.05) is 11.3 Å². The van der Waals surface area contributed by atoms with Crippen molar-refractivity contribution in [1.82, 2.24) is 25.1 Å². The van der Waals surface area contributed by atoms with Crippen molar-refractivity contribution in [2.45, 2.75) is 38.6 Å². The summed E-state index contributed by atoms with van der Waals surface area (Å²) in [4.78, 5) is 24.1. The molecule has 2 aliphatic heterocycles. The fourth-order valence-corrected chi connectivity index (χ4v) is 4.13. The highest BCUT2D eigenvalue weighted by Gasteiger charge is 2.35. The Labute approximate surface area is 156 Å². The summed E-state index contributed by atoms with van der Waals surface area (Å²) in [6, 6.07) is 1.94. The maximum Gasteiger partial charge on any atom is 0.226 e. The SMILES string of the molecule is Cc1nc(Nc2nncs2)cc(C2CCCN2C(=O)C2CCOCC2)n1. The first kappa shape index (κ1) is 17.3. The van der Waals surface area contributed by atoms with Gasteiger partial charge in [-0.3, -0.25) is 4.79 Å². The van der Waals surface area contributed by atoms with Crippen LogP contribution in [0.4, 0.5) is 10.9 Å². The van der Waals surface area contributed by atoms with Gasteiger partial charge in [-0.05, 0) is 32.6 Å². The maximum absolute atomic E-state index is 13.0. The van der Waals surface area contributed by atoms with Gasteiger partial charge in [0.1, 0.15) is 17.2 Å². The number of aromatic nitrogens is 4. The lowest BCUT2D eigenvalue weighted by Crippen LogP contribution is -2.38. The molecule has 2 saturated heterocycles. The lowest BCUT2D eigenvalue weighted by Gasteiger charge is -2.30. The van der Waals surface area contributed by atoms with E-state index in [1.54, 1.807) is 5.51 Å². The zero-order valence-corrected chi connectivity index (χ0v) is 15.5. The Bertz CT molecular complexity index is 763. The molecule has 2 aliphatic rings. The molecule has 2 fully saturated rings. The summed E-state index contributed by atoms with van der Waals surface area (Å²) in [7, 11) is 0. The minimum absolute atomic E-state index is 0.0158. The van der Waals surface area contributed by atoms with E-state index in [1.807, 2.05) is 17.9 Å². The zero-order chi connectivity index (χ0) is 17.9. The van der Waals surface area contributed by atoms with Crippen LogP contribution in [0.3, 0.4) is 0 Å². The number of likely N-dealkylation sites (tertiary alicyclic amines) is 1. The Kier molecular flexibility index (Phi) is 5.07. The van der Waals surface area contributed by atoms with Gasteiger partial charge in [0, 0.05) is 31.7 Å². The molecule has 0 saturated carbocycles. The van der Waals surface area contributed by atoms with Crippen LogP contribution in [0.1, 0.15) is 43.2 Å². The third-order valence-corrected chi connectivity index (χ3v) is 5.51. The number of rotatable bonds is 4. The summed E-state index contributed by atoms with van der Waals surface area (Å²) < 4.78 is 5.40. The van der Waals surface area contributed by atoms with E-state index < -0.39 is 0 Å². The minimum Gasteiger partial charge on any atom is -0.381 e. The molecule has 0 radical (unpaired) electrons. The van der Waals surface area contributed by atoms with Crippen molar-refractivity contribution in [1.29, 1.82) is 0 Å². The van der Waals surface area contributed by atoms with E-state index in [1.165, 1.54) is 11.3 Å². The third-order valence-electron chi connectivity index (χ3n) is 4.90. The Hall–Kier alpha value is -2.13. The van der Waals surface area contributed by atoms with Crippen molar-refractivity contribution in [3.8, 4) is 0 Å². The molecule has 4 rings (SSSR count). The number of anilines is 2. The van der Waals surface area contributed by atoms with Gasteiger partial charge in [-0.25, -0.2) is 9.97 Å². The largest absolute Gasteiger partial charge is 0.381 e. The monoisotopic (exact) mass is 374 g/mol. The normalized spacial score (nSPS) is 21.1. The molecule has 2 aromatic heterocycles. The van der Waals surface area contributed by atoms with Gasteiger partial charge in [0.2, 0.25) is 11.0 Å². The van der Waals surface area contributed by atoms with E-state index in [2.05, 4.69) is 25.5 Å². The van der Waals surface area contributed by atoms with Gasteiger partial charge >= 0.3 is 0 Å². The molecule has 8 nitrogen and oxygen atoms in total. The van der Waals surface area contributed by atoms with E-state index in [-0.39, 0.29) is 17.9 Å². The smallest absolute Gasteiger partial charge is 0.226 e. The molecule has 9 heteroatoms. The van der Waals surface area contributed by atoms with Gasteiger partial charge in [0.05, 0.1) is 11.7 Å². The van der Waals surface area contributed by atoms with Crippen LogP contribution in [-0.2, 0) is 9.53 Å². The minimum atomic E-state index is 0.0158. The molecule has 2 aromatic rings. The second-order valence-electron chi connectivity index (χ2n) is 6.67. The van der Waals surface area contributed by atoms with Gasteiger partial charge in [0.15, 0.2) is 0 Å². The Morgan fingerprint density at radius 1 is 1.31 bits per heavy atom. The van der Waals surface area contributed by atoms with Crippen LogP contribution in [0.5, 0.6) is 0 Å². The number of aryl methyl sites for hydroxylation is 1. The molecular formula is C17H22N6O2S. The standard InChI is InChI=1S/C17H22N6O2S/c1-11-19-13(9-15(20-11)21-17-22-18-10-26-17)14-3-2-6-23(14)16(24)12-4-7-25-8-5-12/h9-10,12,14H,2-8H2,1H3,(H,19,20,21,22). The lowest BCUT2D eigenvalue weighted by molar-refractivity contribution is -0.139. The van der Waals surface area contributed by atoms with E-state index in [0.717, 1.165) is 37.9 Å². The van der Waals surface area contributed by atoms with Crippen LogP contribution in [0.25, 0.3) is 0 Å². The number of amides is 1. The van der Waals surface area contributed by atoms with Crippen molar-refractivity contribution >= 4 is 28.2 Å². The molecule has 1 amide bonds. The van der Waals surface area contributed by atoms with Crippen LogP contribution >= 0.6 is 11.3 Å². The summed E-state index contributed by atoms with van der Waals surface area (Å²) in [6.07, 6.45) is 3.56. The van der Waals surface area contributed by atoms with Crippen molar-refractivity contribution in [3.63, 3.8) is 0 Å². The first-order valence-electron chi connectivity index (χ1n) is 8.98. The molecule has 0 aliphatic carbocycles.